The first-order valence-electron chi connectivity index (χ1n) is 11.4. The fourth-order valence-electron chi connectivity index (χ4n) is 4.58. The van der Waals surface area contributed by atoms with Gasteiger partial charge in [0.2, 0.25) is 11.8 Å². The number of aliphatic carboxylic acids is 1. The zero-order valence-electron chi connectivity index (χ0n) is 19.3. The normalized spacial score (nSPS) is 15.5. The van der Waals surface area contributed by atoms with E-state index in [1.165, 1.54) is 0 Å². The number of nitrogens with one attached hydrogen (secondary N) is 2. The standard InChI is InChI=1S/C26H33N3O4/c1-29(2)21-12-10-20(11-13-21)27-25(33)22(16-19-8-4-3-5-9-19)28-23(30)17-26(18-24(31)32)14-6-7-15-26/h3-5,8-13,22H,6-7,14-18H2,1-2H3,(H,27,33)(H,28,30)(H,31,32)/t22-/m1/s1. The third kappa shape index (κ3) is 7.07. The number of amides is 2. The van der Waals surface area contributed by atoms with Crippen molar-refractivity contribution in [2.45, 2.75) is 51.0 Å². The maximum absolute atomic E-state index is 13.1. The molecule has 1 fully saturated rings. The number of nitrogens with zero attached hydrogens (tertiary/aromatic N) is 1. The van der Waals surface area contributed by atoms with Gasteiger partial charge in [-0.05, 0) is 48.1 Å². The summed E-state index contributed by atoms with van der Waals surface area (Å²) in [5.74, 6) is -1.47. The van der Waals surface area contributed by atoms with Crippen LogP contribution in [-0.4, -0.2) is 43.0 Å². The predicted molar refractivity (Wildman–Crippen MR) is 129 cm³/mol. The number of hydrogen-bond acceptors (Lipinski definition) is 4. The number of carboxylic acid groups (broad SMARTS) is 1. The van der Waals surface area contributed by atoms with E-state index in [1.807, 2.05) is 73.6 Å². The van der Waals surface area contributed by atoms with Gasteiger partial charge in [-0.25, -0.2) is 0 Å². The predicted octanol–water partition coefficient (Wildman–Crippen LogP) is 3.84. The van der Waals surface area contributed by atoms with Crippen molar-refractivity contribution in [3.05, 3.63) is 60.2 Å². The van der Waals surface area contributed by atoms with E-state index in [0.717, 1.165) is 36.9 Å². The molecular formula is C26H33N3O4. The lowest BCUT2D eigenvalue weighted by atomic mass is 9.79. The Morgan fingerprint density at radius 1 is 0.970 bits per heavy atom. The first kappa shape index (κ1) is 24.3. The topological polar surface area (TPSA) is 98.7 Å². The lowest BCUT2D eigenvalue weighted by molar-refractivity contribution is -0.140. The van der Waals surface area contributed by atoms with E-state index in [4.69, 9.17) is 0 Å². The van der Waals surface area contributed by atoms with Crippen LogP contribution in [0, 0.1) is 5.41 Å². The monoisotopic (exact) mass is 451 g/mol. The van der Waals surface area contributed by atoms with Crippen molar-refractivity contribution < 1.29 is 19.5 Å². The van der Waals surface area contributed by atoms with E-state index < -0.39 is 17.4 Å². The molecule has 0 aliphatic heterocycles. The van der Waals surface area contributed by atoms with Crippen molar-refractivity contribution in [1.29, 1.82) is 0 Å². The van der Waals surface area contributed by atoms with Crippen molar-refractivity contribution in [3.63, 3.8) is 0 Å². The van der Waals surface area contributed by atoms with E-state index in [0.29, 0.717) is 12.1 Å². The summed E-state index contributed by atoms with van der Waals surface area (Å²) in [5.41, 5.74) is 2.08. The van der Waals surface area contributed by atoms with E-state index in [2.05, 4.69) is 10.6 Å². The summed E-state index contributed by atoms with van der Waals surface area (Å²) in [6.07, 6.45) is 3.75. The van der Waals surface area contributed by atoms with Crippen LogP contribution in [0.4, 0.5) is 11.4 Å². The minimum absolute atomic E-state index is 0.0197. The van der Waals surface area contributed by atoms with Gasteiger partial charge in [-0.2, -0.15) is 0 Å². The van der Waals surface area contributed by atoms with Crippen molar-refractivity contribution >= 4 is 29.2 Å². The molecule has 1 saturated carbocycles. The lowest BCUT2D eigenvalue weighted by Crippen LogP contribution is -2.46. The van der Waals surface area contributed by atoms with Crippen LogP contribution < -0.4 is 15.5 Å². The molecule has 176 valence electrons. The molecule has 0 bridgehead atoms. The molecule has 1 aliphatic carbocycles. The van der Waals surface area contributed by atoms with Gasteiger partial charge in [0, 0.05) is 38.3 Å². The Morgan fingerprint density at radius 2 is 1.61 bits per heavy atom. The van der Waals surface area contributed by atoms with Crippen LogP contribution in [-0.2, 0) is 20.8 Å². The number of anilines is 2. The van der Waals surface area contributed by atoms with E-state index in [9.17, 15) is 19.5 Å². The van der Waals surface area contributed by atoms with Crippen LogP contribution in [0.3, 0.4) is 0 Å². The first-order chi connectivity index (χ1) is 15.8. The van der Waals surface area contributed by atoms with E-state index in [1.54, 1.807) is 0 Å². The molecule has 2 aromatic carbocycles. The second kappa shape index (κ2) is 11.0. The molecule has 7 heteroatoms. The van der Waals surface area contributed by atoms with Crippen LogP contribution in [0.5, 0.6) is 0 Å². The van der Waals surface area contributed by atoms with E-state index in [-0.39, 0.29) is 24.7 Å². The lowest BCUT2D eigenvalue weighted by Gasteiger charge is -2.27. The molecule has 7 nitrogen and oxygen atoms in total. The van der Waals surface area contributed by atoms with Gasteiger partial charge in [0.05, 0.1) is 6.42 Å². The summed E-state index contributed by atoms with van der Waals surface area (Å²) in [5, 5.41) is 15.1. The second-order valence-corrected chi connectivity index (χ2v) is 9.19. The van der Waals surface area contributed by atoms with Crippen LogP contribution in [0.25, 0.3) is 0 Å². The SMILES string of the molecule is CN(C)c1ccc(NC(=O)[C@@H](Cc2ccccc2)NC(=O)CC2(CC(=O)O)CCCC2)cc1. The summed E-state index contributed by atoms with van der Waals surface area (Å²) in [6.45, 7) is 0. The van der Waals surface area contributed by atoms with Crippen molar-refractivity contribution in [2.24, 2.45) is 5.41 Å². The van der Waals surface area contributed by atoms with Crippen LogP contribution in [0.1, 0.15) is 44.1 Å². The smallest absolute Gasteiger partial charge is 0.303 e. The maximum Gasteiger partial charge on any atom is 0.303 e. The molecular weight excluding hydrogens is 418 g/mol. The molecule has 0 radical (unpaired) electrons. The Morgan fingerprint density at radius 3 is 2.18 bits per heavy atom. The molecule has 0 aromatic heterocycles. The highest BCUT2D eigenvalue weighted by Crippen LogP contribution is 2.44. The average molecular weight is 452 g/mol. The summed E-state index contributed by atoms with van der Waals surface area (Å²) in [7, 11) is 3.89. The minimum Gasteiger partial charge on any atom is -0.481 e. The first-order valence-corrected chi connectivity index (χ1v) is 11.4. The number of hydrogen-bond donors (Lipinski definition) is 3. The Labute approximate surface area is 195 Å². The summed E-state index contributed by atoms with van der Waals surface area (Å²) < 4.78 is 0. The van der Waals surface area contributed by atoms with Gasteiger partial charge >= 0.3 is 5.97 Å². The molecule has 2 amide bonds. The van der Waals surface area contributed by atoms with Crippen molar-refractivity contribution in [2.75, 3.05) is 24.3 Å². The number of benzene rings is 2. The van der Waals surface area contributed by atoms with Gasteiger partial charge in [0.1, 0.15) is 6.04 Å². The van der Waals surface area contributed by atoms with Gasteiger partial charge in [-0.15, -0.1) is 0 Å². The van der Waals surface area contributed by atoms with E-state index >= 15 is 0 Å². The molecule has 3 N–H and O–H groups in total. The molecule has 0 saturated heterocycles. The largest absolute Gasteiger partial charge is 0.481 e. The van der Waals surface area contributed by atoms with Crippen molar-refractivity contribution in [3.8, 4) is 0 Å². The summed E-state index contributed by atoms with van der Waals surface area (Å²) in [6, 6.07) is 16.2. The zero-order valence-corrected chi connectivity index (χ0v) is 19.3. The molecule has 3 rings (SSSR count). The third-order valence-corrected chi connectivity index (χ3v) is 6.31. The quantitative estimate of drug-likeness (QED) is 0.510. The maximum atomic E-state index is 13.1. The van der Waals surface area contributed by atoms with Crippen molar-refractivity contribution in [1.82, 2.24) is 5.32 Å². The molecule has 2 aromatic rings. The Balaban J connectivity index is 1.72. The Bertz CT molecular complexity index is 951. The molecule has 33 heavy (non-hydrogen) atoms. The molecule has 0 spiro atoms. The number of carboxylic acids is 1. The number of carbonyl (C=O) groups excluding carboxylic acids is 2. The minimum atomic E-state index is -0.885. The molecule has 0 heterocycles. The Kier molecular flexibility index (Phi) is 8.09. The van der Waals surface area contributed by atoms with Gasteiger partial charge in [0.15, 0.2) is 0 Å². The average Bonchev–Trinajstić information content (AvgIpc) is 3.21. The fourth-order valence-corrected chi connectivity index (χ4v) is 4.58. The van der Waals surface area contributed by atoms with Gasteiger partial charge in [-0.3, -0.25) is 14.4 Å². The number of carbonyl (C=O) groups is 3. The second-order valence-electron chi connectivity index (χ2n) is 9.19. The summed E-state index contributed by atoms with van der Waals surface area (Å²) >= 11 is 0. The van der Waals surface area contributed by atoms with Crippen LogP contribution in [0.15, 0.2) is 54.6 Å². The zero-order chi connectivity index (χ0) is 23.8. The molecule has 0 unspecified atom stereocenters. The van der Waals surface area contributed by atoms with Crippen LogP contribution >= 0.6 is 0 Å². The van der Waals surface area contributed by atoms with Crippen LogP contribution in [0.2, 0.25) is 0 Å². The van der Waals surface area contributed by atoms with Gasteiger partial charge in [-0.1, -0.05) is 43.2 Å². The van der Waals surface area contributed by atoms with Gasteiger partial charge in [0.25, 0.3) is 0 Å². The molecule has 1 aliphatic rings. The Hall–Kier alpha value is -3.35. The molecule has 1 atom stereocenters. The highest BCUT2D eigenvalue weighted by atomic mass is 16.4. The summed E-state index contributed by atoms with van der Waals surface area (Å²) in [4.78, 5) is 39.5. The fraction of sp³-hybridized carbons (Fsp3) is 0.423. The third-order valence-electron chi connectivity index (χ3n) is 6.31. The highest BCUT2D eigenvalue weighted by Gasteiger charge is 2.38. The number of rotatable bonds is 10. The van der Waals surface area contributed by atoms with Gasteiger partial charge < -0.3 is 20.6 Å². The highest BCUT2D eigenvalue weighted by molar-refractivity contribution is 5.97.